The molecule has 0 fully saturated rings. The molecule has 90 valence electrons. The summed E-state index contributed by atoms with van der Waals surface area (Å²) in [7, 11) is 0. The molecule has 1 aromatic carbocycles. The van der Waals surface area contributed by atoms with Crippen molar-refractivity contribution in [2.75, 3.05) is 0 Å². The summed E-state index contributed by atoms with van der Waals surface area (Å²) in [5.41, 5.74) is 1.91. The van der Waals surface area contributed by atoms with Crippen LogP contribution in [0, 0.1) is 5.92 Å². The van der Waals surface area contributed by atoms with Crippen molar-refractivity contribution in [2.45, 2.75) is 27.2 Å². The molecule has 0 spiro atoms. The van der Waals surface area contributed by atoms with E-state index in [2.05, 4.69) is 34.8 Å². The van der Waals surface area contributed by atoms with Crippen LogP contribution in [0.2, 0.25) is 0 Å². The zero-order valence-electron chi connectivity index (χ0n) is 10.1. The molecule has 1 heterocycles. The smallest absolute Gasteiger partial charge is 0.195 e. The fraction of sp³-hybridized carbons (Fsp3) is 0.385. The third kappa shape index (κ3) is 2.57. The molecule has 3 nitrogen and oxygen atoms in total. The van der Waals surface area contributed by atoms with Crippen molar-refractivity contribution in [3.8, 4) is 0 Å². The minimum Gasteiger partial charge on any atom is -0.440 e. The molecule has 0 amide bonds. The fourth-order valence-electron chi connectivity index (χ4n) is 1.74. The van der Waals surface area contributed by atoms with Crippen LogP contribution < -0.4 is 0 Å². The highest BCUT2D eigenvalue weighted by Gasteiger charge is 2.14. The van der Waals surface area contributed by atoms with Gasteiger partial charge in [-0.15, -0.1) is 0 Å². The Hall–Kier alpha value is -1.16. The largest absolute Gasteiger partial charge is 0.440 e. The van der Waals surface area contributed by atoms with Crippen molar-refractivity contribution in [2.24, 2.45) is 5.92 Å². The number of fused-ring (bicyclic) bond motifs is 1. The van der Waals surface area contributed by atoms with E-state index in [-0.39, 0.29) is 5.78 Å². The first-order valence-corrected chi connectivity index (χ1v) is 6.36. The lowest BCUT2D eigenvalue weighted by atomic mass is 10.1. The molecular weight excluding hydrogens is 282 g/mol. The molecular formula is C13H14BrNO2. The van der Waals surface area contributed by atoms with Gasteiger partial charge >= 0.3 is 0 Å². The Labute approximate surface area is 108 Å². The van der Waals surface area contributed by atoms with E-state index >= 15 is 0 Å². The second-order valence-corrected chi connectivity index (χ2v) is 5.48. The summed E-state index contributed by atoms with van der Waals surface area (Å²) >= 11 is 3.38. The molecule has 2 aromatic rings. The van der Waals surface area contributed by atoms with E-state index in [1.165, 1.54) is 6.92 Å². The number of Topliss-reactive ketones (excluding diaryl/α,β-unsaturated/α-hetero) is 1. The molecule has 0 unspecified atom stereocenters. The third-order valence-corrected chi connectivity index (χ3v) is 2.92. The normalized spacial score (nSPS) is 11.4. The zero-order valence-corrected chi connectivity index (χ0v) is 11.7. The van der Waals surface area contributed by atoms with Gasteiger partial charge in [-0.05, 0) is 25.0 Å². The van der Waals surface area contributed by atoms with Crippen LogP contribution in [0.25, 0.3) is 11.1 Å². The van der Waals surface area contributed by atoms with Crippen molar-refractivity contribution < 1.29 is 9.21 Å². The Balaban J connectivity index is 2.59. The molecule has 0 atom stereocenters. The standard InChI is InChI=1S/C13H14BrNO2/c1-7(2)4-12-15-11-6-9(14)5-10(8(3)16)13(11)17-12/h5-7H,4H2,1-3H3. The van der Waals surface area contributed by atoms with Crippen LogP contribution in [-0.2, 0) is 6.42 Å². The molecule has 17 heavy (non-hydrogen) atoms. The molecule has 0 saturated carbocycles. The Morgan fingerprint density at radius 2 is 2.18 bits per heavy atom. The first-order valence-electron chi connectivity index (χ1n) is 5.57. The molecule has 0 aliphatic rings. The van der Waals surface area contributed by atoms with Gasteiger partial charge in [0.2, 0.25) is 0 Å². The van der Waals surface area contributed by atoms with Crippen LogP contribution in [-0.4, -0.2) is 10.8 Å². The SMILES string of the molecule is CC(=O)c1cc(Br)cc2nc(CC(C)C)oc12. The first kappa shape index (κ1) is 12.3. The van der Waals surface area contributed by atoms with Gasteiger partial charge in [-0.2, -0.15) is 0 Å². The number of carbonyl (C=O) groups excluding carboxylic acids is 1. The Morgan fingerprint density at radius 3 is 2.76 bits per heavy atom. The van der Waals surface area contributed by atoms with Crippen molar-refractivity contribution in [3.05, 3.63) is 28.1 Å². The average molecular weight is 296 g/mol. The lowest BCUT2D eigenvalue weighted by molar-refractivity contribution is 0.101. The topological polar surface area (TPSA) is 43.1 Å². The number of benzene rings is 1. The number of aromatic nitrogens is 1. The number of carbonyl (C=O) groups is 1. The number of nitrogens with zero attached hydrogens (tertiary/aromatic N) is 1. The summed E-state index contributed by atoms with van der Waals surface area (Å²) in [4.78, 5) is 15.9. The number of oxazole rings is 1. The van der Waals surface area contributed by atoms with Gasteiger partial charge in [0.15, 0.2) is 17.3 Å². The highest BCUT2D eigenvalue weighted by Crippen LogP contribution is 2.26. The molecule has 0 N–H and O–H groups in total. The molecule has 1 aromatic heterocycles. The van der Waals surface area contributed by atoms with E-state index in [1.54, 1.807) is 6.07 Å². The van der Waals surface area contributed by atoms with Gasteiger partial charge in [0.1, 0.15) is 5.52 Å². The maximum atomic E-state index is 11.5. The number of halogens is 1. The maximum Gasteiger partial charge on any atom is 0.195 e. The first-order chi connectivity index (χ1) is 7.97. The van der Waals surface area contributed by atoms with E-state index in [1.807, 2.05) is 6.07 Å². The zero-order chi connectivity index (χ0) is 12.6. The predicted molar refractivity (Wildman–Crippen MR) is 70.3 cm³/mol. The van der Waals surface area contributed by atoms with Crippen molar-refractivity contribution in [3.63, 3.8) is 0 Å². The van der Waals surface area contributed by atoms with Crippen molar-refractivity contribution in [1.29, 1.82) is 0 Å². The van der Waals surface area contributed by atoms with Crippen LogP contribution in [0.3, 0.4) is 0 Å². The maximum absolute atomic E-state index is 11.5. The Bertz CT molecular complexity index is 572. The molecule has 4 heteroatoms. The summed E-state index contributed by atoms with van der Waals surface area (Å²) in [6.45, 7) is 5.75. The van der Waals surface area contributed by atoms with E-state index < -0.39 is 0 Å². The number of rotatable bonds is 3. The second kappa shape index (κ2) is 4.61. The van der Waals surface area contributed by atoms with Crippen molar-refractivity contribution >= 4 is 32.8 Å². The van der Waals surface area contributed by atoms with Crippen molar-refractivity contribution in [1.82, 2.24) is 4.98 Å². The lowest BCUT2D eigenvalue weighted by Crippen LogP contribution is -1.93. The van der Waals surface area contributed by atoms with E-state index in [9.17, 15) is 4.79 Å². The number of hydrogen-bond donors (Lipinski definition) is 0. The summed E-state index contributed by atoms with van der Waals surface area (Å²) in [6, 6.07) is 3.64. The van der Waals surface area contributed by atoms with Gasteiger partial charge in [0, 0.05) is 10.9 Å². The van der Waals surface area contributed by atoms with Gasteiger partial charge in [-0.1, -0.05) is 29.8 Å². The molecule has 2 rings (SSSR count). The number of hydrogen-bond acceptors (Lipinski definition) is 3. The second-order valence-electron chi connectivity index (χ2n) is 4.56. The molecule has 0 saturated heterocycles. The van der Waals surface area contributed by atoms with Crippen LogP contribution >= 0.6 is 15.9 Å². The van der Waals surface area contributed by atoms with Crippen LogP contribution in [0.15, 0.2) is 21.0 Å². The summed E-state index contributed by atoms with van der Waals surface area (Å²) in [5.74, 6) is 1.16. The lowest BCUT2D eigenvalue weighted by Gasteiger charge is -1.98. The minimum absolute atomic E-state index is 0.0106. The van der Waals surface area contributed by atoms with Crippen LogP contribution in [0.5, 0.6) is 0 Å². The quantitative estimate of drug-likeness (QED) is 0.804. The summed E-state index contributed by atoms with van der Waals surface area (Å²) in [6.07, 6.45) is 0.781. The third-order valence-electron chi connectivity index (χ3n) is 2.46. The van der Waals surface area contributed by atoms with E-state index in [0.717, 1.165) is 16.4 Å². The fourth-order valence-corrected chi connectivity index (χ4v) is 2.19. The Kier molecular flexibility index (Phi) is 3.33. The highest BCUT2D eigenvalue weighted by atomic mass is 79.9. The van der Waals surface area contributed by atoms with E-state index in [4.69, 9.17) is 4.42 Å². The summed E-state index contributed by atoms with van der Waals surface area (Å²) in [5, 5.41) is 0. The molecule has 0 bridgehead atoms. The van der Waals surface area contributed by atoms with E-state index in [0.29, 0.717) is 23.0 Å². The molecule has 0 radical (unpaired) electrons. The Morgan fingerprint density at radius 1 is 1.47 bits per heavy atom. The van der Waals surface area contributed by atoms with Crippen LogP contribution in [0.4, 0.5) is 0 Å². The van der Waals surface area contributed by atoms with Gasteiger partial charge in [0.25, 0.3) is 0 Å². The number of ketones is 1. The van der Waals surface area contributed by atoms with Gasteiger partial charge < -0.3 is 4.42 Å². The monoisotopic (exact) mass is 295 g/mol. The minimum atomic E-state index is -0.0106. The predicted octanol–water partition coefficient (Wildman–Crippen LogP) is 3.99. The molecule has 0 aliphatic carbocycles. The summed E-state index contributed by atoms with van der Waals surface area (Å²) < 4.78 is 6.52. The van der Waals surface area contributed by atoms with Gasteiger partial charge in [0.05, 0.1) is 5.56 Å². The molecule has 0 aliphatic heterocycles. The van der Waals surface area contributed by atoms with Gasteiger partial charge in [-0.3, -0.25) is 4.79 Å². The highest BCUT2D eigenvalue weighted by molar-refractivity contribution is 9.10. The van der Waals surface area contributed by atoms with Crippen LogP contribution in [0.1, 0.15) is 37.0 Å². The average Bonchev–Trinajstić information content (AvgIpc) is 2.56. The van der Waals surface area contributed by atoms with Gasteiger partial charge in [-0.25, -0.2) is 4.98 Å².